The minimum absolute atomic E-state index is 0.0442. The third kappa shape index (κ3) is 5.67. The number of phenols is 1. The summed E-state index contributed by atoms with van der Waals surface area (Å²) >= 11 is 5.27. The molecule has 0 aliphatic carbocycles. The molecule has 0 fully saturated rings. The molecule has 0 aliphatic rings. The third-order valence-corrected chi connectivity index (χ3v) is 5.03. The van der Waals surface area contributed by atoms with Gasteiger partial charge in [0.15, 0.2) is 11.5 Å². The Kier molecular flexibility index (Phi) is 7.60. The zero-order valence-electron chi connectivity index (χ0n) is 14.5. The number of hydrazone groups is 1. The van der Waals surface area contributed by atoms with E-state index in [1.165, 1.54) is 13.3 Å². The lowest BCUT2D eigenvalue weighted by Crippen LogP contribution is -2.43. The summed E-state index contributed by atoms with van der Waals surface area (Å²) in [6.07, 6.45) is 1.42. The molecule has 0 saturated carbocycles. The number of amides is 2. The van der Waals surface area contributed by atoms with Crippen LogP contribution >= 0.6 is 38.5 Å². The third-order valence-electron chi connectivity index (χ3n) is 3.52. The van der Waals surface area contributed by atoms with Crippen LogP contribution in [0.3, 0.4) is 0 Å². The molecule has 7 nitrogen and oxygen atoms in total. The SMILES string of the molecule is COc1cc(C=NNC(=O)C(C)NC(=O)c2ccccc2Br)cc(I)c1O. The van der Waals surface area contributed by atoms with Crippen molar-refractivity contribution in [2.75, 3.05) is 7.11 Å². The molecule has 0 saturated heterocycles. The normalized spacial score (nSPS) is 11.9. The number of ether oxygens (including phenoxy) is 1. The minimum atomic E-state index is -0.781. The number of methoxy groups -OCH3 is 1. The molecule has 142 valence electrons. The first-order valence-corrected chi connectivity index (χ1v) is 9.65. The minimum Gasteiger partial charge on any atom is -0.504 e. The van der Waals surface area contributed by atoms with Gasteiger partial charge in [0.25, 0.3) is 11.8 Å². The molecule has 2 aromatic rings. The molecule has 1 unspecified atom stereocenters. The maximum atomic E-state index is 12.2. The summed E-state index contributed by atoms with van der Waals surface area (Å²) in [5, 5.41) is 16.3. The topological polar surface area (TPSA) is 100 Å². The monoisotopic (exact) mass is 545 g/mol. The average Bonchev–Trinajstić information content (AvgIpc) is 2.64. The zero-order chi connectivity index (χ0) is 20.0. The molecule has 27 heavy (non-hydrogen) atoms. The van der Waals surface area contributed by atoms with Gasteiger partial charge in [0.1, 0.15) is 6.04 Å². The van der Waals surface area contributed by atoms with Crippen LogP contribution in [0.1, 0.15) is 22.8 Å². The van der Waals surface area contributed by atoms with Gasteiger partial charge in [-0.25, -0.2) is 5.43 Å². The number of carbonyl (C=O) groups is 2. The Balaban J connectivity index is 1.97. The van der Waals surface area contributed by atoms with E-state index in [2.05, 4.69) is 31.8 Å². The molecule has 2 aromatic carbocycles. The highest BCUT2D eigenvalue weighted by Crippen LogP contribution is 2.31. The van der Waals surface area contributed by atoms with Crippen molar-refractivity contribution in [1.82, 2.24) is 10.7 Å². The summed E-state index contributed by atoms with van der Waals surface area (Å²) < 4.78 is 6.31. The van der Waals surface area contributed by atoms with Gasteiger partial charge in [-0.2, -0.15) is 5.10 Å². The molecule has 0 bridgehead atoms. The Hall–Kier alpha value is -2.14. The van der Waals surface area contributed by atoms with Gasteiger partial charge in [-0.1, -0.05) is 12.1 Å². The summed E-state index contributed by atoms with van der Waals surface area (Å²) in [5.41, 5.74) is 3.45. The fourth-order valence-electron chi connectivity index (χ4n) is 2.08. The van der Waals surface area contributed by atoms with Crippen molar-refractivity contribution in [3.63, 3.8) is 0 Å². The summed E-state index contributed by atoms with van der Waals surface area (Å²) in [6.45, 7) is 1.56. The van der Waals surface area contributed by atoms with E-state index in [1.54, 1.807) is 43.3 Å². The Morgan fingerprint density at radius 2 is 2.04 bits per heavy atom. The van der Waals surface area contributed by atoms with Crippen molar-refractivity contribution in [2.45, 2.75) is 13.0 Å². The van der Waals surface area contributed by atoms with Crippen molar-refractivity contribution < 1.29 is 19.4 Å². The van der Waals surface area contributed by atoms with Gasteiger partial charge >= 0.3 is 0 Å². The Morgan fingerprint density at radius 3 is 2.70 bits per heavy atom. The smallest absolute Gasteiger partial charge is 0.262 e. The van der Waals surface area contributed by atoms with E-state index in [4.69, 9.17) is 4.74 Å². The number of rotatable bonds is 6. The summed E-state index contributed by atoms with van der Waals surface area (Å²) in [4.78, 5) is 24.3. The predicted octanol–water partition coefficient (Wildman–Crippen LogP) is 3.04. The van der Waals surface area contributed by atoms with Crippen LogP contribution in [0.5, 0.6) is 11.5 Å². The van der Waals surface area contributed by atoms with E-state index in [0.717, 1.165) is 0 Å². The maximum absolute atomic E-state index is 12.2. The molecule has 9 heteroatoms. The van der Waals surface area contributed by atoms with Crippen molar-refractivity contribution in [3.05, 3.63) is 55.6 Å². The fourth-order valence-corrected chi connectivity index (χ4v) is 3.17. The van der Waals surface area contributed by atoms with Crippen molar-refractivity contribution >= 4 is 56.5 Å². The van der Waals surface area contributed by atoms with Gasteiger partial charge in [-0.3, -0.25) is 9.59 Å². The average molecular weight is 546 g/mol. The molecular weight excluding hydrogens is 529 g/mol. The first-order chi connectivity index (χ1) is 12.8. The molecule has 1 atom stereocenters. The molecule has 0 aromatic heterocycles. The highest BCUT2D eigenvalue weighted by Gasteiger charge is 2.17. The number of nitrogens with zero attached hydrogens (tertiary/aromatic N) is 1. The molecule has 2 rings (SSSR count). The van der Waals surface area contributed by atoms with Gasteiger partial charge in [0.05, 0.1) is 22.5 Å². The van der Waals surface area contributed by atoms with E-state index in [-0.39, 0.29) is 11.7 Å². The molecule has 2 amide bonds. The Labute approximate surface area is 178 Å². The summed E-state index contributed by atoms with van der Waals surface area (Å²) in [5.74, 6) is -0.481. The first kappa shape index (κ1) is 21.2. The maximum Gasteiger partial charge on any atom is 0.262 e. The lowest BCUT2D eigenvalue weighted by molar-refractivity contribution is -0.122. The number of hydrogen-bond donors (Lipinski definition) is 3. The second kappa shape index (κ2) is 9.70. The Morgan fingerprint density at radius 1 is 1.33 bits per heavy atom. The lowest BCUT2D eigenvalue weighted by atomic mass is 10.2. The van der Waals surface area contributed by atoms with Gasteiger partial charge in [-0.15, -0.1) is 0 Å². The van der Waals surface area contributed by atoms with E-state index >= 15 is 0 Å². The molecule has 0 radical (unpaired) electrons. The second-order valence-electron chi connectivity index (χ2n) is 5.46. The van der Waals surface area contributed by atoms with Crippen molar-refractivity contribution in [3.8, 4) is 11.5 Å². The van der Waals surface area contributed by atoms with Crippen LogP contribution in [0.4, 0.5) is 0 Å². The van der Waals surface area contributed by atoms with E-state index in [0.29, 0.717) is 24.9 Å². The highest BCUT2D eigenvalue weighted by atomic mass is 127. The van der Waals surface area contributed by atoms with E-state index in [1.807, 2.05) is 22.6 Å². The molecule has 3 N–H and O–H groups in total. The van der Waals surface area contributed by atoms with Crippen LogP contribution < -0.4 is 15.5 Å². The molecule has 0 spiro atoms. The van der Waals surface area contributed by atoms with Gasteiger partial charge in [-0.05, 0) is 75.3 Å². The lowest BCUT2D eigenvalue weighted by Gasteiger charge is -2.13. The summed E-state index contributed by atoms with van der Waals surface area (Å²) in [6, 6.07) is 9.43. The van der Waals surface area contributed by atoms with Crippen LogP contribution in [0, 0.1) is 3.57 Å². The number of benzene rings is 2. The quantitative estimate of drug-likeness (QED) is 0.295. The highest BCUT2D eigenvalue weighted by molar-refractivity contribution is 14.1. The molecule has 0 aliphatic heterocycles. The number of aromatic hydroxyl groups is 1. The van der Waals surface area contributed by atoms with E-state index < -0.39 is 11.9 Å². The number of carbonyl (C=O) groups excluding carboxylic acids is 2. The number of nitrogens with one attached hydrogen (secondary N) is 2. The van der Waals surface area contributed by atoms with Crippen LogP contribution in [0.2, 0.25) is 0 Å². The van der Waals surface area contributed by atoms with Crippen LogP contribution in [-0.4, -0.2) is 36.3 Å². The Bertz CT molecular complexity index is 889. The standard InChI is InChI=1S/C18H17BrIN3O4/c1-10(22-18(26)12-5-3-4-6-13(12)19)17(25)23-21-9-11-7-14(20)16(24)15(8-11)27-2/h3-10,24H,1-2H3,(H,22,26)(H,23,25). The predicted molar refractivity (Wildman–Crippen MR) is 114 cm³/mol. The zero-order valence-corrected chi connectivity index (χ0v) is 18.2. The molecule has 0 heterocycles. The summed E-state index contributed by atoms with van der Waals surface area (Å²) in [7, 11) is 1.45. The first-order valence-electron chi connectivity index (χ1n) is 7.78. The largest absolute Gasteiger partial charge is 0.504 e. The number of halogens is 2. The number of hydrogen-bond acceptors (Lipinski definition) is 5. The van der Waals surface area contributed by atoms with E-state index in [9.17, 15) is 14.7 Å². The van der Waals surface area contributed by atoms with Crippen molar-refractivity contribution in [2.24, 2.45) is 5.10 Å². The van der Waals surface area contributed by atoms with Crippen LogP contribution in [-0.2, 0) is 4.79 Å². The number of phenolic OH excluding ortho intramolecular Hbond substituents is 1. The molecular formula is C18H17BrIN3O4. The van der Waals surface area contributed by atoms with Crippen LogP contribution in [0.25, 0.3) is 0 Å². The van der Waals surface area contributed by atoms with Gasteiger partial charge < -0.3 is 15.2 Å². The van der Waals surface area contributed by atoms with Crippen molar-refractivity contribution in [1.29, 1.82) is 0 Å². The fraction of sp³-hybridized carbons (Fsp3) is 0.167. The second-order valence-corrected chi connectivity index (χ2v) is 7.48. The van der Waals surface area contributed by atoms with Crippen LogP contribution in [0.15, 0.2) is 46.0 Å². The van der Waals surface area contributed by atoms with Gasteiger partial charge in [0.2, 0.25) is 0 Å². The van der Waals surface area contributed by atoms with Gasteiger partial charge in [0, 0.05) is 4.47 Å².